The second-order valence-corrected chi connectivity index (χ2v) is 4.42. The van der Waals surface area contributed by atoms with Gasteiger partial charge in [-0.25, -0.2) is 4.79 Å². The highest BCUT2D eigenvalue weighted by Crippen LogP contribution is 2.30. The minimum atomic E-state index is -4.84. The Balaban J connectivity index is 2.08. The second kappa shape index (κ2) is 6.57. The van der Waals surface area contributed by atoms with Crippen molar-refractivity contribution in [2.75, 3.05) is 5.32 Å². The minimum absolute atomic E-state index is 0.0412. The summed E-state index contributed by atoms with van der Waals surface area (Å²) in [6, 6.07) is 11.3. The van der Waals surface area contributed by atoms with E-state index in [0.717, 1.165) is 12.1 Å². The normalized spacial score (nSPS) is 10.9. The van der Waals surface area contributed by atoms with Crippen molar-refractivity contribution < 1.29 is 27.4 Å². The molecular weight excluding hydrogens is 323 g/mol. The lowest BCUT2D eigenvalue weighted by molar-refractivity contribution is -0.274. The summed E-state index contributed by atoms with van der Waals surface area (Å²) in [5, 5.41) is 2.29. The van der Waals surface area contributed by atoms with Crippen LogP contribution in [0.25, 0.3) is 0 Å². The Labute approximate surface area is 128 Å². The number of hydrogen-bond acceptors (Lipinski definition) is 3. The lowest BCUT2D eigenvalue weighted by atomic mass is 10.3. The van der Waals surface area contributed by atoms with E-state index in [-0.39, 0.29) is 16.5 Å². The van der Waals surface area contributed by atoms with Crippen LogP contribution in [-0.4, -0.2) is 12.5 Å². The van der Waals surface area contributed by atoms with Gasteiger partial charge < -0.3 is 9.47 Å². The number of rotatable bonds is 3. The van der Waals surface area contributed by atoms with Crippen molar-refractivity contribution >= 4 is 23.4 Å². The Bertz CT molecular complexity index is 662. The Hall–Kier alpha value is -2.41. The van der Waals surface area contributed by atoms with Crippen molar-refractivity contribution in [1.29, 1.82) is 0 Å². The van der Waals surface area contributed by atoms with E-state index in [1.54, 1.807) is 30.3 Å². The first-order valence-corrected chi connectivity index (χ1v) is 6.30. The van der Waals surface area contributed by atoms with Crippen LogP contribution in [-0.2, 0) is 0 Å². The molecule has 1 N–H and O–H groups in total. The van der Waals surface area contributed by atoms with Crippen LogP contribution in [0.4, 0.5) is 23.7 Å². The molecule has 0 aliphatic rings. The number of carbonyl (C=O) groups is 1. The number of carbonyl (C=O) groups excluding carboxylic acids is 1. The lowest BCUT2D eigenvalue weighted by Gasteiger charge is -2.12. The molecular formula is C14H9ClF3NO3. The summed E-state index contributed by atoms with van der Waals surface area (Å²) >= 11 is 5.81. The highest BCUT2D eigenvalue weighted by molar-refractivity contribution is 6.33. The summed E-state index contributed by atoms with van der Waals surface area (Å²) in [4.78, 5) is 11.7. The van der Waals surface area contributed by atoms with Crippen molar-refractivity contribution in [3.63, 3.8) is 0 Å². The van der Waals surface area contributed by atoms with Crippen molar-refractivity contribution in [3.05, 3.63) is 53.6 Å². The molecule has 0 aliphatic heterocycles. The molecule has 8 heteroatoms. The van der Waals surface area contributed by atoms with Crippen molar-refractivity contribution in [1.82, 2.24) is 0 Å². The number of benzene rings is 2. The van der Waals surface area contributed by atoms with Crippen LogP contribution in [0.3, 0.4) is 0 Å². The van der Waals surface area contributed by atoms with Gasteiger partial charge in [-0.15, -0.1) is 13.2 Å². The number of ether oxygens (including phenoxy) is 2. The largest absolute Gasteiger partial charge is 0.573 e. The molecule has 0 heterocycles. The first-order valence-electron chi connectivity index (χ1n) is 5.93. The molecule has 0 spiro atoms. The van der Waals surface area contributed by atoms with E-state index in [1.165, 1.54) is 6.07 Å². The predicted octanol–water partition coefficient (Wildman–Crippen LogP) is 4.85. The van der Waals surface area contributed by atoms with Crippen LogP contribution >= 0.6 is 11.6 Å². The molecule has 0 radical (unpaired) electrons. The quantitative estimate of drug-likeness (QED) is 0.874. The van der Waals surface area contributed by atoms with Crippen LogP contribution in [0.2, 0.25) is 5.02 Å². The van der Waals surface area contributed by atoms with Gasteiger partial charge in [0.2, 0.25) is 0 Å². The summed E-state index contributed by atoms with van der Waals surface area (Å²) in [6.45, 7) is 0. The second-order valence-electron chi connectivity index (χ2n) is 4.02. The van der Waals surface area contributed by atoms with Gasteiger partial charge in [-0.2, -0.15) is 0 Å². The maximum Gasteiger partial charge on any atom is 0.573 e. The number of nitrogens with one attached hydrogen (secondary N) is 1. The topological polar surface area (TPSA) is 47.6 Å². The van der Waals surface area contributed by atoms with E-state index in [9.17, 15) is 18.0 Å². The molecule has 2 aromatic rings. The summed E-state index contributed by atoms with van der Waals surface area (Å²) in [5.74, 6) is -0.231. The molecule has 0 atom stereocenters. The predicted molar refractivity (Wildman–Crippen MR) is 74.2 cm³/mol. The average Bonchev–Trinajstić information content (AvgIpc) is 2.42. The Morgan fingerprint density at radius 2 is 1.73 bits per heavy atom. The van der Waals surface area contributed by atoms with Gasteiger partial charge in [-0.3, -0.25) is 5.32 Å². The molecule has 0 aliphatic carbocycles. The molecule has 0 unspecified atom stereocenters. The molecule has 2 aromatic carbocycles. The molecule has 0 fully saturated rings. The number of hydrogen-bond donors (Lipinski definition) is 1. The summed E-state index contributed by atoms with van der Waals surface area (Å²) in [6.07, 6.45) is -5.73. The molecule has 22 heavy (non-hydrogen) atoms. The number of para-hydroxylation sites is 1. The van der Waals surface area contributed by atoms with Crippen LogP contribution in [0.15, 0.2) is 48.5 Å². The van der Waals surface area contributed by atoms with Crippen LogP contribution in [0.5, 0.6) is 11.5 Å². The third-order valence-electron chi connectivity index (χ3n) is 2.36. The van der Waals surface area contributed by atoms with Crippen LogP contribution in [0, 0.1) is 0 Å². The third kappa shape index (κ3) is 4.85. The standard InChI is InChI=1S/C14H9ClF3NO3/c15-11-7-6-10(22-14(16,17)18)8-12(11)19-13(20)21-9-4-2-1-3-5-9/h1-8H,(H,19,20). The first kappa shape index (κ1) is 16.0. The Morgan fingerprint density at radius 1 is 1.05 bits per heavy atom. The minimum Gasteiger partial charge on any atom is -0.410 e. The van der Waals surface area contributed by atoms with E-state index in [1.807, 2.05) is 0 Å². The summed E-state index contributed by atoms with van der Waals surface area (Å²) in [7, 11) is 0. The van der Waals surface area contributed by atoms with Gasteiger partial charge in [0.25, 0.3) is 0 Å². The van der Waals surface area contributed by atoms with Gasteiger partial charge in [0.05, 0.1) is 10.7 Å². The summed E-state index contributed by atoms with van der Waals surface area (Å²) < 4.78 is 45.2. The fraction of sp³-hybridized carbons (Fsp3) is 0.0714. The summed E-state index contributed by atoms with van der Waals surface area (Å²) in [5.41, 5.74) is -0.0654. The van der Waals surface area contributed by atoms with E-state index < -0.39 is 18.2 Å². The van der Waals surface area contributed by atoms with Gasteiger partial charge in [0.1, 0.15) is 11.5 Å². The molecule has 0 saturated heterocycles. The highest BCUT2D eigenvalue weighted by atomic mass is 35.5. The van der Waals surface area contributed by atoms with E-state index in [0.29, 0.717) is 0 Å². The molecule has 0 saturated carbocycles. The van der Waals surface area contributed by atoms with Gasteiger partial charge in [0, 0.05) is 6.07 Å². The average molecular weight is 332 g/mol. The van der Waals surface area contributed by atoms with Gasteiger partial charge in [0.15, 0.2) is 0 Å². The zero-order chi connectivity index (χ0) is 16.2. The van der Waals surface area contributed by atoms with Crippen molar-refractivity contribution in [2.24, 2.45) is 0 Å². The Kier molecular flexibility index (Phi) is 4.77. The number of anilines is 1. The molecule has 2 rings (SSSR count). The fourth-order valence-electron chi connectivity index (χ4n) is 1.53. The SMILES string of the molecule is O=C(Nc1cc(OC(F)(F)F)ccc1Cl)Oc1ccccc1. The monoisotopic (exact) mass is 331 g/mol. The Morgan fingerprint density at radius 3 is 2.36 bits per heavy atom. The van der Waals surface area contributed by atoms with Crippen molar-refractivity contribution in [2.45, 2.75) is 6.36 Å². The first-order chi connectivity index (χ1) is 10.3. The number of alkyl halides is 3. The number of amides is 1. The maximum absolute atomic E-state index is 12.2. The van der Waals surface area contributed by atoms with E-state index in [4.69, 9.17) is 16.3 Å². The van der Waals surface area contributed by atoms with Crippen LogP contribution < -0.4 is 14.8 Å². The molecule has 116 valence electrons. The maximum atomic E-state index is 12.2. The molecule has 4 nitrogen and oxygen atoms in total. The molecule has 1 amide bonds. The number of halogens is 4. The molecule has 0 bridgehead atoms. The van der Waals surface area contributed by atoms with Gasteiger partial charge in [-0.1, -0.05) is 29.8 Å². The highest BCUT2D eigenvalue weighted by Gasteiger charge is 2.31. The fourth-order valence-corrected chi connectivity index (χ4v) is 1.69. The van der Waals surface area contributed by atoms with E-state index >= 15 is 0 Å². The molecule has 0 aromatic heterocycles. The zero-order valence-electron chi connectivity index (χ0n) is 10.9. The van der Waals surface area contributed by atoms with Crippen molar-refractivity contribution in [3.8, 4) is 11.5 Å². The van der Waals surface area contributed by atoms with Gasteiger partial charge in [-0.05, 0) is 24.3 Å². The zero-order valence-corrected chi connectivity index (χ0v) is 11.6. The van der Waals surface area contributed by atoms with Gasteiger partial charge >= 0.3 is 12.5 Å². The lowest BCUT2D eigenvalue weighted by Crippen LogP contribution is -2.19. The van der Waals surface area contributed by atoms with E-state index in [2.05, 4.69) is 10.1 Å². The third-order valence-corrected chi connectivity index (χ3v) is 2.69. The smallest absolute Gasteiger partial charge is 0.410 e. The van der Waals surface area contributed by atoms with Crippen LogP contribution in [0.1, 0.15) is 0 Å².